The normalized spacial score (nSPS) is 18.4. The number of pyridine rings is 1. The molecule has 0 saturated carbocycles. The van der Waals surface area contributed by atoms with E-state index in [0.717, 1.165) is 42.7 Å². The van der Waals surface area contributed by atoms with Crippen molar-refractivity contribution in [3.05, 3.63) is 141 Å². The molecule has 8 rings (SSSR count). The fraction of sp³-hybridized carbons (Fsp3) is 0.356. The van der Waals surface area contributed by atoms with Gasteiger partial charge in [0.1, 0.15) is 18.1 Å². The van der Waals surface area contributed by atoms with Gasteiger partial charge in [0, 0.05) is 30.5 Å². The van der Waals surface area contributed by atoms with Crippen LogP contribution >= 0.6 is 0 Å². The van der Waals surface area contributed by atoms with E-state index in [2.05, 4.69) is 20.5 Å². The third-order valence-electron chi connectivity index (χ3n) is 11.0. The number of unbranched alkanes of at least 4 members (excludes halogenated alkanes) is 1. The number of hydrogen-bond donors (Lipinski definition) is 5. The molecule has 3 saturated heterocycles. The molecule has 3 unspecified atom stereocenters. The number of rotatable bonds is 17. The average molecular weight is 775 g/mol. The lowest BCUT2D eigenvalue weighted by Gasteiger charge is -2.44. The molecule has 3 fully saturated rings. The number of phenols is 1. The number of aromatic amines is 1. The van der Waals surface area contributed by atoms with Crippen LogP contribution in [0.1, 0.15) is 70.4 Å². The highest BCUT2D eigenvalue weighted by Gasteiger charge is 2.35. The standard InChI is InChI=1S/C45H50N4O8/c50-39-17-15-37(38-16-18-41(52)47-43(38)39)40(51)26-46-21-4-5-24-55-44(53)33-13-11-30(12-14-33)28-56-36-10-6-9-34(25-36)42(32-7-2-1-3-8-32)48-45(54)57-29-35-27-49-22-19-31(35)20-23-49/h1-3,6-18,25,31,35,40,42,46,50-51H,4-5,19-24,26-29H2,(H,47,52)(H,48,54). The number of ether oxygens (including phenoxy) is 3. The zero-order valence-electron chi connectivity index (χ0n) is 31.9. The topological polar surface area (TPSA) is 162 Å². The highest BCUT2D eigenvalue weighted by molar-refractivity contribution is 5.89. The number of nitrogens with one attached hydrogen (secondary N) is 3. The molecule has 3 aliphatic rings. The van der Waals surface area contributed by atoms with Crippen LogP contribution in [0.2, 0.25) is 0 Å². The van der Waals surface area contributed by atoms with Crippen LogP contribution in [0.3, 0.4) is 0 Å². The Kier molecular flexibility index (Phi) is 13.2. The maximum Gasteiger partial charge on any atom is 0.407 e. The maximum atomic E-state index is 13.1. The number of phenolic OH excluding ortho intramolecular Hbond substituents is 1. The summed E-state index contributed by atoms with van der Waals surface area (Å²) in [5.41, 5.74) is 3.69. The van der Waals surface area contributed by atoms with Crippen LogP contribution in [0.15, 0.2) is 108 Å². The van der Waals surface area contributed by atoms with Gasteiger partial charge >= 0.3 is 12.1 Å². The Morgan fingerprint density at radius 2 is 1.67 bits per heavy atom. The number of carbonyl (C=O) groups is 2. The van der Waals surface area contributed by atoms with E-state index in [1.165, 1.54) is 25.0 Å². The number of nitrogens with zero attached hydrogens (tertiary/aromatic N) is 1. The van der Waals surface area contributed by atoms with Crippen LogP contribution in [0.25, 0.3) is 10.9 Å². The molecule has 2 bridgehead atoms. The molecule has 4 heterocycles. The Hall–Kier alpha value is -5.69. The molecule has 3 atom stereocenters. The lowest BCUT2D eigenvalue weighted by atomic mass is 9.79. The first-order chi connectivity index (χ1) is 27.8. The monoisotopic (exact) mass is 774 g/mol. The predicted molar refractivity (Wildman–Crippen MR) is 216 cm³/mol. The summed E-state index contributed by atoms with van der Waals surface area (Å²) in [4.78, 5) is 42.5. The van der Waals surface area contributed by atoms with Crippen LogP contribution < -0.4 is 20.9 Å². The zero-order chi connectivity index (χ0) is 39.6. The number of fused-ring (bicyclic) bond motifs is 4. The molecule has 1 aromatic heterocycles. The van der Waals surface area contributed by atoms with Gasteiger partial charge in [0.25, 0.3) is 0 Å². The summed E-state index contributed by atoms with van der Waals surface area (Å²) in [6, 6.07) is 30.2. The number of aliphatic hydroxyl groups excluding tert-OH is 1. The minimum Gasteiger partial charge on any atom is -0.506 e. The lowest BCUT2D eigenvalue weighted by Crippen LogP contribution is -2.49. The predicted octanol–water partition coefficient (Wildman–Crippen LogP) is 6.23. The van der Waals surface area contributed by atoms with Crippen molar-refractivity contribution in [1.82, 2.24) is 20.5 Å². The third kappa shape index (κ3) is 10.4. The van der Waals surface area contributed by atoms with Crippen molar-refractivity contribution < 1.29 is 34.0 Å². The molecule has 3 aliphatic heterocycles. The van der Waals surface area contributed by atoms with Crippen molar-refractivity contribution in [2.75, 3.05) is 45.9 Å². The molecule has 0 aliphatic carbocycles. The second-order valence-electron chi connectivity index (χ2n) is 14.9. The number of aromatic nitrogens is 1. The summed E-state index contributed by atoms with van der Waals surface area (Å²) >= 11 is 0. The number of carbonyl (C=O) groups excluding carboxylic acids is 2. The minimum atomic E-state index is -0.841. The second kappa shape index (κ2) is 19.0. The summed E-state index contributed by atoms with van der Waals surface area (Å²) in [6.45, 7) is 5.15. The first-order valence-electron chi connectivity index (χ1n) is 19.7. The van der Waals surface area contributed by atoms with Crippen molar-refractivity contribution in [2.24, 2.45) is 11.8 Å². The van der Waals surface area contributed by atoms with Crippen LogP contribution in [0.4, 0.5) is 4.79 Å². The number of alkyl carbamates (subject to hydrolysis) is 1. The number of benzene rings is 4. The smallest absolute Gasteiger partial charge is 0.407 e. The lowest BCUT2D eigenvalue weighted by molar-refractivity contribution is 0.0123. The fourth-order valence-electron chi connectivity index (χ4n) is 7.81. The van der Waals surface area contributed by atoms with Gasteiger partial charge < -0.3 is 44.9 Å². The molecule has 5 aromatic rings. The van der Waals surface area contributed by atoms with Crippen molar-refractivity contribution in [3.63, 3.8) is 0 Å². The van der Waals surface area contributed by atoms with Crippen molar-refractivity contribution >= 4 is 23.0 Å². The van der Waals surface area contributed by atoms with E-state index < -0.39 is 24.2 Å². The van der Waals surface area contributed by atoms with Gasteiger partial charge in [0.05, 0.1) is 36.4 Å². The maximum absolute atomic E-state index is 13.1. The summed E-state index contributed by atoms with van der Waals surface area (Å²) in [6.07, 6.45) is 2.45. The number of amides is 1. The first-order valence-corrected chi connectivity index (χ1v) is 19.7. The Balaban J connectivity index is 0.837. The highest BCUT2D eigenvalue weighted by atomic mass is 16.5. The Morgan fingerprint density at radius 3 is 2.44 bits per heavy atom. The van der Waals surface area contributed by atoms with E-state index in [0.29, 0.717) is 59.2 Å². The average Bonchev–Trinajstić information content (AvgIpc) is 3.25. The molecule has 298 valence electrons. The number of H-pyrrole nitrogens is 1. The summed E-state index contributed by atoms with van der Waals surface area (Å²) in [7, 11) is 0. The van der Waals surface area contributed by atoms with Gasteiger partial charge in [0.2, 0.25) is 5.56 Å². The van der Waals surface area contributed by atoms with Gasteiger partial charge in [-0.1, -0.05) is 60.7 Å². The van der Waals surface area contributed by atoms with Gasteiger partial charge in [0.15, 0.2) is 0 Å². The molecule has 5 N–H and O–H groups in total. The van der Waals surface area contributed by atoms with Gasteiger partial charge in [-0.05, 0) is 110 Å². The number of esters is 1. The molecular formula is C45H50N4O8. The van der Waals surface area contributed by atoms with Crippen LogP contribution in [0.5, 0.6) is 11.5 Å². The Labute approximate surface area is 331 Å². The number of aliphatic hydroxyl groups is 1. The molecule has 4 aromatic carbocycles. The van der Waals surface area contributed by atoms with Gasteiger partial charge in [-0.25, -0.2) is 9.59 Å². The zero-order valence-corrected chi connectivity index (χ0v) is 31.9. The number of piperidine rings is 3. The van der Waals surface area contributed by atoms with Crippen LogP contribution in [-0.2, 0) is 16.1 Å². The van der Waals surface area contributed by atoms with E-state index in [9.17, 15) is 24.6 Å². The molecule has 0 spiro atoms. The highest BCUT2D eigenvalue weighted by Crippen LogP contribution is 2.33. The molecule has 1 amide bonds. The first kappa shape index (κ1) is 39.5. The Morgan fingerprint density at radius 1 is 0.877 bits per heavy atom. The van der Waals surface area contributed by atoms with Crippen LogP contribution in [-0.4, -0.2) is 78.1 Å². The van der Waals surface area contributed by atoms with Crippen molar-refractivity contribution in [3.8, 4) is 11.5 Å². The van der Waals surface area contributed by atoms with Crippen molar-refractivity contribution in [1.29, 1.82) is 0 Å². The quantitative estimate of drug-likeness (QED) is 0.0541. The second-order valence-corrected chi connectivity index (χ2v) is 14.9. The van der Waals surface area contributed by atoms with Gasteiger partial charge in [-0.15, -0.1) is 0 Å². The Bertz CT molecular complexity index is 2170. The molecule has 12 nitrogen and oxygen atoms in total. The van der Waals surface area contributed by atoms with E-state index >= 15 is 0 Å². The van der Waals surface area contributed by atoms with E-state index in [1.807, 2.05) is 66.7 Å². The van der Waals surface area contributed by atoms with Gasteiger partial charge in [-0.3, -0.25) is 4.79 Å². The van der Waals surface area contributed by atoms with Crippen molar-refractivity contribution in [2.45, 2.75) is 44.4 Å². The number of aromatic hydroxyl groups is 1. The molecule has 12 heteroatoms. The van der Waals surface area contributed by atoms with Crippen LogP contribution in [0, 0.1) is 11.8 Å². The van der Waals surface area contributed by atoms with Gasteiger partial charge in [-0.2, -0.15) is 0 Å². The molecular weight excluding hydrogens is 725 g/mol. The minimum absolute atomic E-state index is 0.0541. The van der Waals surface area contributed by atoms with E-state index in [4.69, 9.17) is 14.2 Å². The largest absolute Gasteiger partial charge is 0.506 e. The molecule has 57 heavy (non-hydrogen) atoms. The van der Waals surface area contributed by atoms with E-state index in [1.54, 1.807) is 24.3 Å². The number of hydrogen-bond acceptors (Lipinski definition) is 10. The fourth-order valence-corrected chi connectivity index (χ4v) is 7.81. The SMILES string of the molecule is O=C(NC(c1ccccc1)c1cccc(OCc2ccc(C(=O)OCCCCNCC(O)c3ccc(O)c4[nH]c(=O)ccc34)cc2)c1)OCC1CN2CCC1CC2. The molecule has 0 radical (unpaired) electrons. The van der Waals surface area contributed by atoms with E-state index in [-0.39, 0.29) is 31.1 Å². The summed E-state index contributed by atoms with van der Waals surface area (Å²) in [5, 5.41) is 27.7. The third-order valence-corrected chi connectivity index (χ3v) is 11.0. The summed E-state index contributed by atoms with van der Waals surface area (Å²) < 4.78 is 17.4. The summed E-state index contributed by atoms with van der Waals surface area (Å²) in [5.74, 6) is 1.20.